The van der Waals surface area contributed by atoms with Crippen molar-refractivity contribution >= 4 is 29.6 Å². The standard InChI is InChI=1S/C21H31N5O7/c1-3-11(2)18(21(32)33)26-20(31)15(9-16(23)28)25-19(30)14(24-17(29)10-22)8-12-4-6-13(27)7-5-12/h4-7,11,14-15,18,27H,3,8-10,22H2,1-2H3,(H2,23,28)(H,24,29)(H,25,30)(H,26,31)(H,32,33). The molecule has 4 amide bonds. The van der Waals surface area contributed by atoms with E-state index >= 15 is 0 Å². The smallest absolute Gasteiger partial charge is 0.326 e. The highest BCUT2D eigenvalue weighted by atomic mass is 16.4. The first kappa shape index (κ1) is 27.4. The quantitative estimate of drug-likeness (QED) is 0.179. The van der Waals surface area contributed by atoms with Crippen molar-refractivity contribution in [2.24, 2.45) is 17.4 Å². The molecule has 0 aliphatic heterocycles. The Bertz CT molecular complexity index is 859. The summed E-state index contributed by atoms with van der Waals surface area (Å²) < 4.78 is 0. The Hall–Kier alpha value is -3.67. The van der Waals surface area contributed by atoms with E-state index in [9.17, 15) is 34.2 Å². The molecule has 182 valence electrons. The predicted octanol–water partition coefficient (Wildman–Crippen LogP) is -1.65. The SMILES string of the molecule is CCC(C)C(NC(=O)C(CC(N)=O)NC(=O)C(Cc1ccc(O)cc1)NC(=O)CN)C(=O)O. The number of carboxylic acid groups (broad SMARTS) is 1. The van der Waals surface area contributed by atoms with Crippen LogP contribution < -0.4 is 27.4 Å². The van der Waals surface area contributed by atoms with Gasteiger partial charge >= 0.3 is 5.97 Å². The summed E-state index contributed by atoms with van der Waals surface area (Å²) in [7, 11) is 0. The molecule has 0 saturated heterocycles. The molecule has 33 heavy (non-hydrogen) atoms. The molecule has 12 nitrogen and oxygen atoms in total. The number of phenolic OH excluding ortho intramolecular Hbond substituents is 1. The van der Waals surface area contributed by atoms with E-state index in [4.69, 9.17) is 11.5 Å². The van der Waals surface area contributed by atoms with Crippen LogP contribution >= 0.6 is 0 Å². The summed E-state index contributed by atoms with van der Waals surface area (Å²) in [5, 5.41) is 25.9. The van der Waals surface area contributed by atoms with Gasteiger partial charge < -0.3 is 37.6 Å². The summed E-state index contributed by atoms with van der Waals surface area (Å²) in [6.45, 7) is 3.00. The van der Waals surface area contributed by atoms with E-state index in [0.717, 1.165) is 0 Å². The van der Waals surface area contributed by atoms with Crippen LogP contribution in [0.25, 0.3) is 0 Å². The van der Waals surface area contributed by atoms with Crippen molar-refractivity contribution in [2.75, 3.05) is 6.54 Å². The van der Waals surface area contributed by atoms with Crippen LogP contribution in [0, 0.1) is 5.92 Å². The Labute approximate surface area is 191 Å². The second-order valence-electron chi connectivity index (χ2n) is 7.64. The predicted molar refractivity (Wildman–Crippen MR) is 118 cm³/mol. The van der Waals surface area contributed by atoms with Gasteiger partial charge in [0.05, 0.1) is 13.0 Å². The van der Waals surface area contributed by atoms with Crippen molar-refractivity contribution in [3.63, 3.8) is 0 Å². The number of carbonyl (C=O) groups is 5. The third kappa shape index (κ3) is 9.15. The molecule has 4 unspecified atom stereocenters. The number of primary amides is 1. The highest BCUT2D eigenvalue weighted by Crippen LogP contribution is 2.12. The second kappa shape index (κ2) is 13.0. The molecular weight excluding hydrogens is 434 g/mol. The third-order valence-corrected chi connectivity index (χ3v) is 5.03. The minimum atomic E-state index is -1.46. The Kier molecular flexibility index (Phi) is 10.8. The molecule has 1 aromatic rings. The van der Waals surface area contributed by atoms with Gasteiger partial charge in [-0.25, -0.2) is 4.79 Å². The van der Waals surface area contributed by atoms with Crippen molar-refractivity contribution < 1.29 is 34.2 Å². The lowest BCUT2D eigenvalue weighted by atomic mass is 9.98. The van der Waals surface area contributed by atoms with Crippen molar-refractivity contribution in [3.8, 4) is 5.75 Å². The first-order valence-corrected chi connectivity index (χ1v) is 10.4. The lowest BCUT2D eigenvalue weighted by molar-refractivity contribution is -0.144. The maximum atomic E-state index is 12.9. The molecule has 0 fully saturated rings. The Morgan fingerprint density at radius 1 is 0.970 bits per heavy atom. The van der Waals surface area contributed by atoms with Gasteiger partial charge in [0.1, 0.15) is 23.9 Å². The minimum absolute atomic E-state index is 0.00656. The third-order valence-electron chi connectivity index (χ3n) is 5.03. The summed E-state index contributed by atoms with van der Waals surface area (Å²) in [6, 6.07) is 2.03. The van der Waals surface area contributed by atoms with Crippen LogP contribution in [0.3, 0.4) is 0 Å². The Morgan fingerprint density at radius 2 is 1.55 bits per heavy atom. The number of aliphatic carboxylic acids is 1. The molecule has 0 aliphatic rings. The first-order valence-electron chi connectivity index (χ1n) is 10.4. The largest absolute Gasteiger partial charge is 0.508 e. The van der Waals surface area contributed by atoms with Crippen molar-refractivity contribution in [2.45, 2.75) is 51.2 Å². The van der Waals surface area contributed by atoms with Gasteiger partial charge in [-0.15, -0.1) is 0 Å². The van der Waals surface area contributed by atoms with Crippen LogP contribution in [-0.4, -0.2) is 64.5 Å². The molecule has 1 rings (SSSR count). The molecule has 0 saturated carbocycles. The van der Waals surface area contributed by atoms with Gasteiger partial charge in [0.25, 0.3) is 0 Å². The number of rotatable bonds is 13. The zero-order valence-electron chi connectivity index (χ0n) is 18.5. The summed E-state index contributed by atoms with van der Waals surface area (Å²) >= 11 is 0. The number of carbonyl (C=O) groups excluding carboxylic acids is 4. The molecular formula is C21H31N5O7. The van der Waals surface area contributed by atoms with Gasteiger partial charge in [-0.05, 0) is 23.6 Å². The normalized spacial score (nSPS) is 14.3. The molecule has 4 atom stereocenters. The lowest BCUT2D eigenvalue weighted by Crippen LogP contribution is -2.58. The molecule has 0 heterocycles. The van der Waals surface area contributed by atoms with Crippen LogP contribution in [0.1, 0.15) is 32.3 Å². The molecule has 12 heteroatoms. The van der Waals surface area contributed by atoms with Crippen molar-refractivity contribution in [3.05, 3.63) is 29.8 Å². The average molecular weight is 466 g/mol. The number of hydrogen-bond acceptors (Lipinski definition) is 7. The van der Waals surface area contributed by atoms with Crippen LogP contribution in [0.5, 0.6) is 5.75 Å². The number of benzene rings is 1. The fraction of sp³-hybridized carbons (Fsp3) is 0.476. The van der Waals surface area contributed by atoms with Gasteiger partial charge in [-0.2, -0.15) is 0 Å². The zero-order valence-corrected chi connectivity index (χ0v) is 18.5. The van der Waals surface area contributed by atoms with E-state index in [2.05, 4.69) is 16.0 Å². The van der Waals surface area contributed by atoms with Gasteiger partial charge in [-0.1, -0.05) is 32.4 Å². The fourth-order valence-corrected chi connectivity index (χ4v) is 2.95. The number of hydrogen-bond donors (Lipinski definition) is 7. The van der Waals surface area contributed by atoms with Gasteiger partial charge in [-0.3, -0.25) is 19.2 Å². The maximum Gasteiger partial charge on any atom is 0.326 e. The van der Waals surface area contributed by atoms with Crippen molar-refractivity contribution in [1.82, 2.24) is 16.0 Å². The monoisotopic (exact) mass is 465 g/mol. The number of aromatic hydroxyl groups is 1. The van der Waals surface area contributed by atoms with Crippen LogP contribution in [0.15, 0.2) is 24.3 Å². The second-order valence-corrected chi connectivity index (χ2v) is 7.64. The molecule has 0 radical (unpaired) electrons. The average Bonchev–Trinajstić information content (AvgIpc) is 2.76. The highest BCUT2D eigenvalue weighted by Gasteiger charge is 2.32. The molecule has 9 N–H and O–H groups in total. The van der Waals surface area contributed by atoms with Crippen LogP contribution in [-0.2, 0) is 30.4 Å². The number of carboxylic acids is 1. The molecule has 0 aliphatic carbocycles. The van der Waals surface area contributed by atoms with Crippen molar-refractivity contribution in [1.29, 1.82) is 0 Å². The number of nitrogens with one attached hydrogen (secondary N) is 3. The van der Waals surface area contributed by atoms with Crippen LogP contribution in [0.2, 0.25) is 0 Å². The number of phenols is 1. The maximum absolute atomic E-state index is 12.9. The highest BCUT2D eigenvalue weighted by molar-refractivity contribution is 5.95. The first-order chi connectivity index (χ1) is 15.5. The van der Waals surface area contributed by atoms with E-state index in [1.54, 1.807) is 26.0 Å². The van der Waals surface area contributed by atoms with Crippen LogP contribution in [0.4, 0.5) is 0 Å². The lowest BCUT2D eigenvalue weighted by Gasteiger charge is -2.25. The Balaban J connectivity index is 3.07. The van der Waals surface area contributed by atoms with Gasteiger partial charge in [0.2, 0.25) is 23.6 Å². The summed E-state index contributed by atoms with van der Waals surface area (Å²) in [5.41, 5.74) is 11.1. The fourth-order valence-electron chi connectivity index (χ4n) is 2.95. The van der Waals surface area contributed by atoms with E-state index in [1.807, 2.05) is 0 Å². The topological polar surface area (TPSA) is 214 Å². The van der Waals surface area contributed by atoms with E-state index in [0.29, 0.717) is 12.0 Å². The molecule has 0 spiro atoms. The minimum Gasteiger partial charge on any atom is -0.508 e. The van der Waals surface area contributed by atoms with E-state index in [1.165, 1.54) is 12.1 Å². The molecule has 1 aromatic carbocycles. The van der Waals surface area contributed by atoms with Gasteiger partial charge in [0.15, 0.2) is 0 Å². The van der Waals surface area contributed by atoms with E-state index < -0.39 is 60.1 Å². The zero-order chi connectivity index (χ0) is 25.1. The summed E-state index contributed by atoms with van der Waals surface area (Å²) in [6.07, 6.45) is -0.127. The number of amides is 4. The van der Waals surface area contributed by atoms with Gasteiger partial charge in [0, 0.05) is 6.42 Å². The molecule has 0 bridgehead atoms. The molecule has 0 aromatic heterocycles. The number of nitrogens with two attached hydrogens (primary N) is 2. The Morgan fingerprint density at radius 3 is 2.03 bits per heavy atom. The summed E-state index contributed by atoms with van der Waals surface area (Å²) in [5.74, 6) is -4.90. The summed E-state index contributed by atoms with van der Waals surface area (Å²) in [4.78, 5) is 60.5. The van der Waals surface area contributed by atoms with E-state index in [-0.39, 0.29) is 18.7 Å².